The number of esters is 1. The smallest absolute Gasteiger partial charge is 0.340 e. The summed E-state index contributed by atoms with van der Waals surface area (Å²) in [6.45, 7) is 6.72. The van der Waals surface area contributed by atoms with Crippen molar-refractivity contribution in [1.29, 1.82) is 0 Å². The Labute approximate surface area is 152 Å². The van der Waals surface area contributed by atoms with Gasteiger partial charge in [-0.15, -0.1) is 0 Å². The van der Waals surface area contributed by atoms with Gasteiger partial charge in [0.15, 0.2) is 6.61 Å². The van der Waals surface area contributed by atoms with E-state index in [1.807, 2.05) is 45.0 Å². The molecule has 1 aromatic heterocycles. The fourth-order valence-corrected chi connectivity index (χ4v) is 2.56. The lowest BCUT2D eigenvalue weighted by Gasteiger charge is -2.13. The third-order valence-corrected chi connectivity index (χ3v) is 4.11. The van der Waals surface area contributed by atoms with Gasteiger partial charge in [-0.05, 0) is 38.8 Å². The quantitative estimate of drug-likeness (QED) is 0.802. The second-order valence-corrected chi connectivity index (χ2v) is 6.12. The number of hydrogen-bond acceptors (Lipinski definition) is 5. The maximum absolute atomic E-state index is 12.4. The summed E-state index contributed by atoms with van der Waals surface area (Å²) in [5.41, 5.74) is 2.40. The largest absolute Gasteiger partial charge is 0.452 e. The molecule has 0 bridgehead atoms. The Balaban J connectivity index is 2.03. The van der Waals surface area contributed by atoms with Gasteiger partial charge in [0.05, 0.1) is 16.8 Å². The van der Waals surface area contributed by atoms with E-state index in [9.17, 15) is 14.4 Å². The van der Waals surface area contributed by atoms with Crippen molar-refractivity contribution < 1.29 is 19.1 Å². The molecule has 0 aliphatic heterocycles. The molecule has 2 rings (SSSR count). The summed E-state index contributed by atoms with van der Waals surface area (Å²) in [6.07, 6.45) is 0.740. The second kappa shape index (κ2) is 8.42. The van der Waals surface area contributed by atoms with Crippen molar-refractivity contribution in [2.45, 2.75) is 40.2 Å². The molecule has 7 nitrogen and oxygen atoms in total. The number of carbonyl (C=O) groups is 3. The number of hydrogen-bond donors (Lipinski definition) is 2. The fraction of sp³-hybridized carbons (Fsp3) is 0.368. The number of imide groups is 1. The first kappa shape index (κ1) is 19.4. The fourth-order valence-electron chi connectivity index (χ4n) is 2.56. The second-order valence-electron chi connectivity index (χ2n) is 6.12. The molecular weight excluding hydrogens is 334 g/mol. The van der Waals surface area contributed by atoms with Crippen LogP contribution in [-0.2, 0) is 9.53 Å². The Morgan fingerprint density at radius 1 is 1.19 bits per heavy atom. The summed E-state index contributed by atoms with van der Waals surface area (Å²) in [7, 11) is 0. The number of para-hydroxylation sites is 1. The van der Waals surface area contributed by atoms with E-state index in [0.29, 0.717) is 11.3 Å². The van der Waals surface area contributed by atoms with Crippen LogP contribution in [0.1, 0.15) is 41.9 Å². The van der Waals surface area contributed by atoms with Crippen LogP contribution in [0.3, 0.4) is 0 Å². The summed E-state index contributed by atoms with van der Waals surface area (Å²) in [5, 5.41) is 5.58. The molecule has 0 radical (unpaired) electrons. The highest BCUT2D eigenvalue weighted by Crippen LogP contribution is 2.23. The number of aryl methyl sites for hydroxylation is 2. The first-order valence-corrected chi connectivity index (χ1v) is 8.46. The highest BCUT2D eigenvalue weighted by molar-refractivity contribution is 6.00. The van der Waals surface area contributed by atoms with Gasteiger partial charge >= 0.3 is 12.0 Å². The summed E-state index contributed by atoms with van der Waals surface area (Å²) < 4.78 is 5.06. The number of nitrogens with one attached hydrogen (secondary N) is 2. The number of amides is 3. The van der Waals surface area contributed by atoms with E-state index in [4.69, 9.17) is 4.74 Å². The van der Waals surface area contributed by atoms with Gasteiger partial charge in [0.2, 0.25) is 0 Å². The first-order chi connectivity index (χ1) is 12.3. The lowest BCUT2D eigenvalue weighted by molar-refractivity contribution is -0.123. The van der Waals surface area contributed by atoms with Crippen LogP contribution in [0.5, 0.6) is 0 Å². The Kier molecular flexibility index (Phi) is 6.27. The summed E-state index contributed by atoms with van der Waals surface area (Å²) in [4.78, 5) is 40.2. The van der Waals surface area contributed by atoms with Gasteiger partial charge in [0.1, 0.15) is 0 Å². The van der Waals surface area contributed by atoms with Crippen LogP contribution in [-0.4, -0.2) is 35.5 Å². The Morgan fingerprint density at radius 2 is 1.88 bits per heavy atom. The van der Waals surface area contributed by atoms with Gasteiger partial charge in [-0.1, -0.05) is 25.1 Å². The standard InChI is InChI=1S/C19H23N3O4/c1-5-11(2)20-19(25)22-16(23)10-26-18(24)17-12(3)14-8-6-7-9-15(14)21-13(17)4/h6-9,11H,5,10H2,1-4H3,(H2,20,22,23,25)/t11-/m1/s1. The van der Waals surface area contributed by atoms with Gasteiger partial charge in [-0.3, -0.25) is 15.1 Å². The first-order valence-electron chi connectivity index (χ1n) is 8.46. The SMILES string of the molecule is CC[C@@H](C)NC(=O)NC(=O)COC(=O)c1c(C)nc2ccccc2c1C. The van der Waals surface area contributed by atoms with Crippen molar-refractivity contribution in [2.24, 2.45) is 0 Å². The van der Waals surface area contributed by atoms with E-state index >= 15 is 0 Å². The van der Waals surface area contributed by atoms with Crippen LogP contribution in [0.15, 0.2) is 24.3 Å². The summed E-state index contributed by atoms with van der Waals surface area (Å²) >= 11 is 0. The molecular formula is C19H23N3O4. The van der Waals surface area contributed by atoms with Crippen LogP contribution in [0.25, 0.3) is 10.9 Å². The molecule has 2 N–H and O–H groups in total. The Bertz CT molecular complexity index is 848. The Hall–Kier alpha value is -2.96. The third kappa shape index (κ3) is 4.56. The number of fused-ring (bicyclic) bond motifs is 1. The lowest BCUT2D eigenvalue weighted by atomic mass is 10.0. The summed E-state index contributed by atoms with van der Waals surface area (Å²) in [6, 6.07) is 6.82. The minimum Gasteiger partial charge on any atom is -0.452 e. The maximum Gasteiger partial charge on any atom is 0.340 e. The molecule has 1 atom stereocenters. The van der Waals surface area contributed by atoms with Crippen LogP contribution in [0.2, 0.25) is 0 Å². The predicted molar refractivity (Wildman–Crippen MR) is 97.9 cm³/mol. The zero-order chi connectivity index (χ0) is 19.3. The van der Waals surface area contributed by atoms with Crippen LogP contribution < -0.4 is 10.6 Å². The number of pyridine rings is 1. The molecule has 3 amide bonds. The zero-order valence-electron chi connectivity index (χ0n) is 15.4. The van der Waals surface area contributed by atoms with E-state index < -0.39 is 24.5 Å². The van der Waals surface area contributed by atoms with Gasteiger partial charge in [-0.2, -0.15) is 0 Å². The highest BCUT2D eigenvalue weighted by atomic mass is 16.5. The molecule has 0 fully saturated rings. The van der Waals surface area contributed by atoms with E-state index in [2.05, 4.69) is 15.6 Å². The normalized spacial score (nSPS) is 11.7. The number of rotatable bonds is 5. The molecule has 0 saturated carbocycles. The maximum atomic E-state index is 12.4. The number of carbonyl (C=O) groups excluding carboxylic acids is 3. The monoisotopic (exact) mass is 357 g/mol. The van der Waals surface area contributed by atoms with Crippen LogP contribution >= 0.6 is 0 Å². The number of benzene rings is 1. The molecule has 26 heavy (non-hydrogen) atoms. The molecule has 138 valence electrons. The molecule has 2 aromatic rings. The number of urea groups is 1. The molecule has 0 unspecified atom stereocenters. The molecule has 0 saturated heterocycles. The van der Waals surface area contributed by atoms with Crippen LogP contribution in [0, 0.1) is 13.8 Å². The third-order valence-electron chi connectivity index (χ3n) is 4.11. The average Bonchev–Trinajstić information content (AvgIpc) is 2.59. The minimum atomic E-state index is -0.691. The molecule has 0 aliphatic carbocycles. The van der Waals surface area contributed by atoms with Gasteiger partial charge in [0, 0.05) is 11.4 Å². The van der Waals surface area contributed by atoms with Crippen LogP contribution in [0.4, 0.5) is 4.79 Å². The van der Waals surface area contributed by atoms with Gasteiger partial charge in [0.25, 0.3) is 5.91 Å². The van der Waals surface area contributed by atoms with E-state index in [0.717, 1.165) is 22.9 Å². The average molecular weight is 357 g/mol. The number of nitrogens with zero attached hydrogens (tertiary/aromatic N) is 1. The van der Waals surface area contributed by atoms with E-state index in [1.54, 1.807) is 6.92 Å². The minimum absolute atomic E-state index is 0.0562. The topological polar surface area (TPSA) is 97.4 Å². The van der Waals surface area contributed by atoms with Crippen molar-refractivity contribution in [2.75, 3.05) is 6.61 Å². The van der Waals surface area contributed by atoms with Crippen molar-refractivity contribution in [3.8, 4) is 0 Å². The highest BCUT2D eigenvalue weighted by Gasteiger charge is 2.19. The zero-order valence-corrected chi connectivity index (χ0v) is 15.4. The van der Waals surface area contributed by atoms with Gasteiger partial charge < -0.3 is 10.1 Å². The molecule has 7 heteroatoms. The van der Waals surface area contributed by atoms with E-state index in [1.165, 1.54) is 0 Å². The molecule has 1 heterocycles. The number of ether oxygens (including phenoxy) is 1. The van der Waals surface area contributed by atoms with Crippen molar-refractivity contribution in [3.05, 3.63) is 41.1 Å². The molecule has 1 aromatic carbocycles. The van der Waals surface area contributed by atoms with Crippen molar-refractivity contribution in [3.63, 3.8) is 0 Å². The van der Waals surface area contributed by atoms with Crippen molar-refractivity contribution >= 4 is 28.8 Å². The van der Waals surface area contributed by atoms with Crippen molar-refractivity contribution in [1.82, 2.24) is 15.6 Å². The van der Waals surface area contributed by atoms with Gasteiger partial charge in [-0.25, -0.2) is 9.59 Å². The van der Waals surface area contributed by atoms with E-state index in [-0.39, 0.29) is 6.04 Å². The lowest BCUT2D eigenvalue weighted by Crippen LogP contribution is -2.44. The summed E-state index contributed by atoms with van der Waals surface area (Å²) in [5.74, 6) is -1.33. The number of aromatic nitrogens is 1. The Morgan fingerprint density at radius 3 is 2.58 bits per heavy atom. The predicted octanol–water partition coefficient (Wildman–Crippen LogP) is 2.63. The molecule has 0 spiro atoms. The molecule has 0 aliphatic rings.